The summed E-state index contributed by atoms with van der Waals surface area (Å²) >= 11 is 0. The van der Waals surface area contributed by atoms with Crippen molar-refractivity contribution in [1.82, 2.24) is 0 Å². The summed E-state index contributed by atoms with van der Waals surface area (Å²) in [5, 5.41) is 0. The van der Waals surface area contributed by atoms with Gasteiger partial charge in [-0.15, -0.1) is 6.58 Å². The molecule has 1 rings (SSSR count). The van der Waals surface area contributed by atoms with Gasteiger partial charge in [-0.3, -0.25) is 0 Å². The smallest absolute Gasteiger partial charge is 0.00394 e. The average molecular weight is 338 g/mol. The summed E-state index contributed by atoms with van der Waals surface area (Å²) in [6.07, 6.45) is 22.6. The van der Waals surface area contributed by atoms with Gasteiger partial charge in [0, 0.05) is 5.70 Å². The van der Waals surface area contributed by atoms with Gasteiger partial charge in [0.1, 0.15) is 0 Å². The van der Waals surface area contributed by atoms with E-state index in [1.54, 1.807) is 6.08 Å². The zero-order valence-electron chi connectivity index (χ0n) is 16.0. The van der Waals surface area contributed by atoms with Crippen LogP contribution in [-0.2, 0) is 0 Å². The molecule has 1 nitrogen and oxygen atoms in total. The van der Waals surface area contributed by atoms with Gasteiger partial charge in [-0.25, -0.2) is 0 Å². The van der Waals surface area contributed by atoms with E-state index in [0.717, 1.165) is 36.1 Å². The Hall–Kier alpha value is -2.02. The van der Waals surface area contributed by atoms with Gasteiger partial charge in [-0.05, 0) is 55.9 Å². The van der Waals surface area contributed by atoms with Gasteiger partial charge >= 0.3 is 0 Å². The number of hydrogen-bond acceptors (Lipinski definition) is 1. The van der Waals surface area contributed by atoms with E-state index in [-0.39, 0.29) is 5.41 Å². The summed E-state index contributed by atoms with van der Waals surface area (Å²) in [6.45, 7) is 17.8. The normalized spacial score (nSPS) is 18.5. The number of hydrogen-bond donors (Lipinski definition) is 1. The van der Waals surface area contributed by atoms with E-state index in [0.29, 0.717) is 5.92 Å². The summed E-state index contributed by atoms with van der Waals surface area (Å²) in [4.78, 5) is 0. The zero-order valence-corrected chi connectivity index (χ0v) is 16.0. The molecule has 0 heterocycles. The Kier molecular flexibility index (Phi) is 9.05. The van der Waals surface area contributed by atoms with Crippen LogP contribution in [0.25, 0.3) is 0 Å². The fourth-order valence-electron chi connectivity index (χ4n) is 3.58. The van der Waals surface area contributed by atoms with Crippen molar-refractivity contribution < 1.29 is 0 Å². The standard InChI is InChI=1S/C24H35N/c1-6-14-22(20(3)4)15-10-8-9-11-16-23(21(5)25)19-24(7-2)17-12-13-18-24/h6-10,14-15,23H,1-3,5,11-13,16-19,25H2,4H3/b9-8+,15-10-,22-14-. The largest absolute Gasteiger partial charge is 0.402 e. The Bertz CT molecular complexity index is 565. The van der Waals surface area contributed by atoms with E-state index in [4.69, 9.17) is 5.73 Å². The number of nitrogens with two attached hydrogens (primary N) is 1. The zero-order chi connectivity index (χ0) is 18.7. The second kappa shape index (κ2) is 10.8. The van der Waals surface area contributed by atoms with Crippen LogP contribution in [0, 0.1) is 11.3 Å². The molecule has 0 radical (unpaired) electrons. The monoisotopic (exact) mass is 337 g/mol. The minimum absolute atomic E-state index is 0.280. The van der Waals surface area contributed by atoms with Crippen molar-refractivity contribution in [3.05, 3.63) is 85.7 Å². The van der Waals surface area contributed by atoms with Gasteiger partial charge in [0.15, 0.2) is 0 Å². The Labute approximate surface area is 155 Å². The first kappa shape index (κ1) is 21.0. The molecule has 1 atom stereocenters. The van der Waals surface area contributed by atoms with Crippen molar-refractivity contribution in [3.8, 4) is 0 Å². The molecule has 2 N–H and O–H groups in total. The Morgan fingerprint density at radius 3 is 2.36 bits per heavy atom. The molecule has 1 heteroatoms. The van der Waals surface area contributed by atoms with Gasteiger partial charge < -0.3 is 5.73 Å². The Morgan fingerprint density at radius 2 is 1.84 bits per heavy atom. The van der Waals surface area contributed by atoms with E-state index >= 15 is 0 Å². The van der Waals surface area contributed by atoms with Crippen LogP contribution in [0.4, 0.5) is 0 Å². The minimum atomic E-state index is 0.280. The fourth-order valence-corrected chi connectivity index (χ4v) is 3.58. The lowest BCUT2D eigenvalue weighted by atomic mass is 9.76. The summed E-state index contributed by atoms with van der Waals surface area (Å²) in [5.74, 6) is 0.372. The van der Waals surface area contributed by atoms with E-state index in [2.05, 4.69) is 56.7 Å². The summed E-state index contributed by atoms with van der Waals surface area (Å²) in [5.41, 5.74) is 9.31. The third-order valence-corrected chi connectivity index (χ3v) is 5.20. The van der Waals surface area contributed by atoms with Crippen LogP contribution < -0.4 is 5.73 Å². The first-order valence-electron chi connectivity index (χ1n) is 9.34. The summed E-state index contributed by atoms with van der Waals surface area (Å²) < 4.78 is 0. The summed E-state index contributed by atoms with van der Waals surface area (Å²) in [6, 6.07) is 0. The molecule has 1 aliphatic rings. The molecule has 0 aromatic heterocycles. The first-order valence-corrected chi connectivity index (χ1v) is 9.34. The number of rotatable bonds is 11. The molecular formula is C24H35N. The van der Waals surface area contributed by atoms with Gasteiger partial charge in [0.25, 0.3) is 0 Å². The predicted octanol–water partition coefficient (Wildman–Crippen LogP) is 6.79. The maximum Gasteiger partial charge on any atom is 0.00394 e. The predicted molar refractivity (Wildman–Crippen MR) is 113 cm³/mol. The van der Waals surface area contributed by atoms with E-state index in [1.807, 2.05) is 13.0 Å². The third kappa shape index (κ3) is 7.17. The molecule has 0 bridgehead atoms. The number of allylic oxidation sites excluding steroid dienone is 10. The quantitative estimate of drug-likeness (QED) is 0.326. The highest BCUT2D eigenvalue weighted by Gasteiger charge is 2.33. The highest BCUT2D eigenvalue weighted by atomic mass is 14.6. The second-order valence-corrected chi connectivity index (χ2v) is 7.25. The summed E-state index contributed by atoms with van der Waals surface area (Å²) in [7, 11) is 0. The van der Waals surface area contributed by atoms with Crippen LogP contribution in [0.3, 0.4) is 0 Å². The molecule has 0 amide bonds. The SMILES string of the molecule is C=C/C=C(/C=C\C=C\CCC(CC1(C=C)CCCC1)C(=C)N)C(=C)C. The molecule has 0 spiro atoms. The molecule has 1 aliphatic carbocycles. The average Bonchev–Trinajstić information content (AvgIpc) is 3.04. The minimum Gasteiger partial charge on any atom is -0.402 e. The lowest BCUT2D eigenvalue weighted by Crippen LogP contribution is -2.22. The van der Waals surface area contributed by atoms with Crippen molar-refractivity contribution >= 4 is 0 Å². The molecule has 25 heavy (non-hydrogen) atoms. The van der Waals surface area contributed by atoms with Crippen molar-refractivity contribution in [2.75, 3.05) is 0 Å². The van der Waals surface area contributed by atoms with Crippen LogP contribution in [0.15, 0.2) is 85.7 Å². The topological polar surface area (TPSA) is 26.0 Å². The lowest BCUT2D eigenvalue weighted by molar-refractivity contribution is 0.299. The third-order valence-electron chi connectivity index (χ3n) is 5.20. The van der Waals surface area contributed by atoms with Crippen molar-refractivity contribution in [2.45, 2.75) is 51.9 Å². The molecule has 1 fully saturated rings. The second-order valence-electron chi connectivity index (χ2n) is 7.25. The molecule has 136 valence electrons. The Morgan fingerprint density at radius 1 is 1.16 bits per heavy atom. The first-order chi connectivity index (χ1) is 11.9. The van der Waals surface area contributed by atoms with Gasteiger partial charge in [-0.1, -0.05) is 80.7 Å². The van der Waals surface area contributed by atoms with Gasteiger partial charge in [0.2, 0.25) is 0 Å². The van der Waals surface area contributed by atoms with Crippen molar-refractivity contribution in [3.63, 3.8) is 0 Å². The molecule has 0 aromatic rings. The van der Waals surface area contributed by atoms with Crippen LogP contribution in [0.2, 0.25) is 0 Å². The van der Waals surface area contributed by atoms with Crippen LogP contribution in [0.5, 0.6) is 0 Å². The van der Waals surface area contributed by atoms with E-state index < -0.39 is 0 Å². The molecule has 0 aliphatic heterocycles. The molecule has 1 saturated carbocycles. The molecule has 0 saturated heterocycles. The maximum atomic E-state index is 6.08. The van der Waals surface area contributed by atoms with Crippen molar-refractivity contribution in [2.24, 2.45) is 17.1 Å². The lowest BCUT2D eigenvalue weighted by Gasteiger charge is -2.30. The molecular weight excluding hydrogens is 302 g/mol. The van der Waals surface area contributed by atoms with Crippen molar-refractivity contribution in [1.29, 1.82) is 0 Å². The highest BCUT2D eigenvalue weighted by molar-refractivity contribution is 5.39. The van der Waals surface area contributed by atoms with E-state index in [1.165, 1.54) is 25.7 Å². The molecule has 1 unspecified atom stereocenters. The van der Waals surface area contributed by atoms with Crippen LogP contribution in [-0.4, -0.2) is 0 Å². The van der Waals surface area contributed by atoms with Gasteiger partial charge in [0.05, 0.1) is 0 Å². The van der Waals surface area contributed by atoms with Gasteiger partial charge in [-0.2, -0.15) is 0 Å². The molecule has 0 aromatic carbocycles. The fraction of sp³-hybridized carbons (Fsp3) is 0.417. The maximum absolute atomic E-state index is 6.08. The van der Waals surface area contributed by atoms with E-state index in [9.17, 15) is 0 Å². The van der Waals surface area contributed by atoms with Crippen LogP contribution >= 0.6 is 0 Å². The highest BCUT2D eigenvalue weighted by Crippen LogP contribution is 2.45. The Balaban J connectivity index is 2.54. The van der Waals surface area contributed by atoms with Crippen LogP contribution in [0.1, 0.15) is 51.9 Å².